The lowest BCUT2D eigenvalue weighted by atomic mass is 9.98. The normalized spacial score (nSPS) is 19.9. The van der Waals surface area contributed by atoms with Gasteiger partial charge in [-0.05, 0) is 41.0 Å². The Bertz CT molecular complexity index is 1020. The highest BCUT2D eigenvalue weighted by atomic mass is 16.5. The minimum Gasteiger partial charge on any atom is -0.479 e. The Morgan fingerprint density at radius 1 is 1.06 bits per heavy atom. The van der Waals surface area contributed by atoms with E-state index < -0.39 is 36.2 Å². The predicted molar refractivity (Wildman–Crippen MR) is 125 cm³/mol. The SMILES string of the molecule is CC(C)C[C@H](NC(=O)OCC1c2ccccc2-c2ccccc21)C(=O)N[C@H]1CCO[C@H]1C(=O)O. The lowest BCUT2D eigenvalue weighted by molar-refractivity contribution is -0.148. The fourth-order valence-corrected chi connectivity index (χ4v) is 4.75. The molecule has 0 unspecified atom stereocenters. The van der Waals surface area contributed by atoms with Gasteiger partial charge in [0.25, 0.3) is 0 Å². The van der Waals surface area contributed by atoms with Crippen molar-refractivity contribution in [2.24, 2.45) is 5.92 Å². The number of nitrogens with one attached hydrogen (secondary N) is 2. The molecule has 1 saturated heterocycles. The van der Waals surface area contributed by atoms with E-state index in [-0.39, 0.29) is 25.0 Å². The van der Waals surface area contributed by atoms with Crippen molar-refractivity contribution in [2.45, 2.75) is 50.8 Å². The van der Waals surface area contributed by atoms with Crippen LogP contribution in [0.5, 0.6) is 0 Å². The van der Waals surface area contributed by atoms with Crippen molar-refractivity contribution in [3.05, 3.63) is 59.7 Å². The van der Waals surface area contributed by atoms with Crippen molar-refractivity contribution in [1.29, 1.82) is 0 Å². The summed E-state index contributed by atoms with van der Waals surface area (Å²) in [7, 11) is 0. The molecule has 1 aliphatic heterocycles. The first kappa shape index (κ1) is 23.8. The van der Waals surface area contributed by atoms with Crippen molar-refractivity contribution in [1.82, 2.24) is 10.6 Å². The van der Waals surface area contributed by atoms with Crippen molar-refractivity contribution >= 4 is 18.0 Å². The smallest absolute Gasteiger partial charge is 0.407 e. The Balaban J connectivity index is 1.40. The maximum absolute atomic E-state index is 12.9. The topological polar surface area (TPSA) is 114 Å². The van der Waals surface area contributed by atoms with Gasteiger partial charge < -0.3 is 25.2 Å². The van der Waals surface area contributed by atoms with Gasteiger partial charge in [-0.1, -0.05) is 62.4 Å². The summed E-state index contributed by atoms with van der Waals surface area (Å²) in [6.45, 7) is 4.29. The number of aliphatic carboxylic acids is 1. The molecule has 8 heteroatoms. The molecule has 1 fully saturated rings. The molecule has 2 aliphatic rings. The zero-order valence-electron chi connectivity index (χ0n) is 19.3. The minimum atomic E-state index is -1.12. The number of benzene rings is 2. The molecule has 0 aromatic heterocycles. The molecule has 3 N–H and O–H groups in total. The zero-order valence-corrected chi connectivity index (χ0v) is 19.3. The van der Waals surface area contributed by atoms with Gasteiger partial charge in [0.15, 0.2) is 6.10 Å². The highest BCUT2D eigenvalue weighted by Crippen LogP contribution is 2.44. The summed E-state index contributed by atoms with van der Waals surface area (Å²) in [5, 5.41) is 14.7. The Morgan fingerprint density at radius 2 is 1.68 bits per heavy atom. The number of alkyl carbamates (subject to hydrolysis) is 1. The van der Waals surface area contributed by atoms with E-state index in [9.17, 15) is 19.5 Å². The first-order valence-electron chi connectivity index (χ1n) is 11.6. The van der Waals surface area contributed by atoms with Crippen LogP contribution in [-0.4, -0.2) is 54.5 Å². The highest BCUT2D eigenvalue weighted by molar-refractivity contribution is 5.87. The molecule has 3 atom stereocenters. The molecule has 2 amide bonds. The Kier molecular flexibility index (Phi) is 7.17. The van der Waals surface area contributed by atoms with E-state index in [2.05, 4.69) is 22.8 Å². The number of hydrogen-bond donors (Lipinski definition) is 3. The van der Waals surface area contributed by atoms with Gasteiger partial charge in [0.05, 0.1) is 6.04 Å². The average Bonchev–Trinajstić information content (AvgIpc) is 3.39. The van der Waals surface area contributed by atoms with E-state index >= 15 is 0 Å². The average molecular weight is 467 g/mol. The van der Waals surface area contributed by atoms with Crippen LogP contribution in [0.4, 0.5) is 4.79 Å². The predicted octanol–water partition coefficient (Wildman–Crippen LogP) is 3.30. The van der Waals surface area contributed by atoms with E-state index in [0.29, 0.717) is 12.8 Å². The van der Waals surface area contributed by atoms with Crippen molar-refractivity contribution in [3.63, 3.8) is 0 Å². The van der Waals surface area contributed by atoms with Gasteiger partial charge in [-0.3, -0.25) is 4.79 Å². The van der Waals surface area contributed by atoms with E-state index in [1.807, 2.05) is 50.2 Å². The summed E-state index contributed by atoms with van der Waals surface area (Å²) in [5.41, 5.74) is 4.48. The fourth-order valence-electron chi connectivity index (χ4n) is 4.75. The van der Waals surface area contributed by atoms with Crippen LogP contribution in [0.1, 0.15) is 43.7 Å². The summed E-state index contributed by atoms with van der Waals surface area (Å²) in [4.78, 5) is 36.9. The third-order valence-corrected chi connectivity index (χ3v) is 6.32. The number of fused-ring (bicyclic) bond motifs is 3. The van der Waals surface area contributed by atoms with E-state index in [1.165, 1.54) is 0 Å². The van der Waals surface area contributed by atoms with Crippen molar-refractivity contribution in [2.75, 3.05) is 13.2 Å². The summed E-state index contributed by atoms with van der Waals surface area (Å²) >= 11 is 0. The van der Waals surface area contributed by atoms with Gasteiger partial charge >= 0.3 is 12.1 Å². The van der Waals surface area contributed by atoms with Gasteiger partial charge in [0, 0.05) is 12.5 Å². The van der Waals surface area contributed by atoms with Gasteiger partial charge in [-0.2, -0.15) is 0 Å². The number of carbonyl (C=O) groups is 3. The summed E-state index contributed by atoms with van der Waals surface area (Å²) in [5.74, 6) is -1.51. The number of rotatable bonds is 8. The Morgan fingerprint density at radius 3 is 2.26 bits per heavy atom. The molecule has 1 heterocycles. The number of carboxylic acid groups (broad SMARTS) is 1. The maximum Gasteiger partial charge on any atom is 0.407 e. The number of amides is 2. The highest BCUT2D eigenvalue weighted by Gasteiger charge is 2.37. The molecule has 4 rings (SSSR count). The first-order valence-corrected chi connectivity index (χ1v) is 11.6. The van der Waals surface area contributed by atoms with Crippen LogP contribution in [0.25, 0.3) is 11.1 Å². The van der Waals surface area contributed by atoms with Crippen LogP contribution in [0.3, 0.4) is 0 Å². The molecule has 2 aromatic carbocycles. The minimum absolute atomic E-state index is 0.0810. The molecule has 0 radical (unpaired) electrons. The second-order valence-corrected chi connectivity index (χ2v) is 9.19. The summed E-state index contributed by atoms with van der Waals surface area (Å²) in [6.07, 6.45) is -0.971. The number of hydrogen-bond acceptors (Lipinski definition) is 5. The van der Waals surface area contributed by atoms with E-state index in [4.69, 9.17) is 9.47 Å². The van der Waals surface area contributed by atoms with Crippen LogP contribution >= 0.6 is 0 Å². The summed E-state index contributed by atoms with van der Waals surface area (Å²) in [6, 6.07) is 14.7. The van der Waals surface area contributed by atoms with Crippen LogP contribution < -0.4 is 10.6 Å². The Labute approximate surface area is 198 Å². The molecular formula is C26H30N2O6. The maximum atomic E-state index is 12.9. The van der Waals surface area contributed by atoms with Gasteiger partial charge in [-0.25, -0.2) is 9.59 Å². The molecule has 34 heavy (non-hydrogen) atoms. The fraction of sp³-hybridized carbons (Fsp3) is 0.423. The van der Waals surface area contributed by atoms with Crippen LogP contribution in [0.15, 0.2) is 48.5 Å². The van der Waals surface area contributed by atoms with Crippen LogP contribution in [-0.2, 0) is 19.1 Å². The lowest BCUT2D eigenvalue weighted by Gasteiger charge is -2.24. The van der Waals surface area contributed by atoms with Gasteiger partial charge in [0.2, 0.25) is 5.91 Å². The molecule has 2 aromatic rings. The molecule has 0 saturated carbocycles. The van der Waals surface area contributed by atoms with Gasteiger partial charge in [-0.15, -0.1) is 0 Å². The molecule has 180 valence electrons. The number of ether oxygens (including phenoxy) is 2. The van der Waals surface area contributed by atoms with Crippen molar-refractivity contribution in [3.8, 4) is 11.1 Å². The first-order chi connectivity index (χ1) is 16.3. The van der Waals surface area contributed by atoms with Gasteiger partial charge in [0.1, 0.15) is 12.6 Å². The van der Waals surface area contributed by atoms with E-state index in [0.717, 1.165) is 22.3 Å². The number of carbonyl (C=O) groups excluding carboxylic acids is 2. The quantitative estimate of drug-likeness (QED) is 0.550. The van der Waals surface area contributed by atoms with E-state index in [1.54, 1.807) is 0 Å². The number of carboxylic acids is 1. The van der Waals surface area contributed by atoms with Crippen molar-refractivity contribution < 1.29 is 29.0 Å². The standard InChI is InChI=1S/C26H30N2O6/c1-15(2)13-22(24(29)27-21-11-12-33-23(21)25(30)31)28-26(32)34-14-20-18-9-5-3-7-16(18)17-8-4-6-10-19(17)20/h3-10,15,20-23H,11-14H2,1-2H3,(H,27,29)(H,28,32)(H,30,31)/t21-,22-,23+/m0/s1. The molecule has 1 aliphatic carbocycles. The summed E-state index contributed by atoms with van der Waals surface area (Å²) < 4.78 is 10.8. The molecular weight excluding hydrogens is 436 g/mol. The zero-order chi connectivity index (χ0) is 24.2. The Hall–Kier alpha value is -3.39. The third kappa shape index (κ3) is 5.07. The second kappa shape index (κ2) is 10.3. The second-order valence-electron chi connectivity index (χ2n) is 9.19. The third-order valence-electron chi connectivity index (χ3n) is 6.32. The molecule has 0 bridgehead atoms. The molecule has 0 spiro atoms. The molecule has 8 nitrogen and oxygen atoms in total. The lowest BCUT2D eigenvalue weighted by Crippen LogP contribution is -2.53. The largest absolute Gasteiger partial charge is 0.479 e. The van der Waals surface area contributed by atoms with Crippen LogP contribution in [0.2, 0.25) is 0 Å². The van der Waals surface area contributed by atoms with Crippen LogP contribution in [0, 0.1) is 5.92 Å². The monoisotopic (exact) mass is 466 g/mol.